The Kier molecular flexibility index (Phi) is 4.80. The first-order valence-electron chi connectivity index (χ1n) is 6.07. The number of carbonyl (C=O) groups is 2. The number of nitrogens with two attached hydrogens (primary N) is 1. The zero-order chi connectivity index (χ0) is 14.5. The summed E-state index contributed by atoms with van der Waals surface area (Å²) in [7, 11) is 0. The van der Waals surface area contributed by atoms with Crippen molar-refractivity contribution in [1.29, 1.82) is 0 Å². The van der Waals surface area contributed by atoms with Gasteiger partial charge in [-0.2, -0.15) is 0 Å². The summed E-state index contributed by atoms with van der Waals surface area (Å²) in [6.45, 7) is 5.87. The number of aromatic nitrogens is 2. The fraction of sp³-hybridized carbons (Fsp3) is 0.500. The second kappa shape index (κ2) is 6.12. The van der Waals surface area contributed by atoms with E-state index in [2.05, 4.69) is 20.8 Å². The van der Waals surface area contributed by atoms with E-state index in [0.29, 0.717) is 5.82 Å². The minimum Gasteiger partial charge on any atom is -0.369 e. The quantitative estimate of drug-likeness (QED) is 0.685. The molecule has 0 bridgehead atoms. The summed E-state index contributed by atoms with van der Waals surface area (Å²) in [5, 5.41) is 13.2. The third kappa shape index (κ3) is 4.20. The van der Waals surface area contributed by atoms with Crippen LogP contribution in [0.1, 0.15) is 37.7 Å². The second-order valence-corrected chi connectivity index (χ2v) is 4.67. The van der Waals surface area contributed by atoms with Crippen molar-refractivity contribution in [3.63, 3.8) is 0 Å². The molecule has 104 valence electrons. The third-order valence-electron chi connectivity index (χ3n) is 2.50. The molecule has 0 atom stereocenters. The monoisotopic (exact) mass is 265 g/mol. The Morgan fingerprint density at radius 3 is 2.47 bits per heavy atom. The molecule has 0 spiro atoms. The van der Waals surface area contributed by atoms with Crippen LogP contribution >= 0.6 is 0 Å². The smallest absolute Gasteiger partial charge is 0.272 e. The van der Waals surface area contributed by atoms with Gasteiger partial charge in [-0.3, -0.25) is 9.59 Å². The number of nitrogens with zero attached hydrogens (tertiary/aromatic N) is 2. The first-order chi connectivity index (χ1) is 8.86. The number of amides is 2. The van der Waals surface area contributed by atoms with Gasteiger partial charge in [0.1, 0.15) is 11.4 Å². The minimum atomic E-state index is -1.13. The molecule has 0 aliphatic carbocycles. The number of hydrogen-bond acceptors (Lipinski definition) is 5. The minimum absolute atomic E-state index is 0.136. The Hall–Kier alpha value is -2.18. The SMILES string of the molecule is CCCNc1ccc(C(=O)NC(C)(C)C(N)=O)nn1. The summed E-state index contributed by atoms with van der Waals surface area (Å²) in [5.41, 5.74) is 4.18. The van der Waals surface area contributed by atoms with Crippen LogP contribution in [0.25, 0.3) is 0 Å². The maximum atomic E-state index is 11.8. The Bertz CT molecular complexity index is 456. The van der Waals surface area contributed by atoms with Gasteiger partial charge in [0.05, 0.1) is 0 Å². The molecule has 0 unspecified atom stereocenters. The second-order valence-electron chi connectivity index (χ2n) is 4.67. The highest BCUT2D eigenvalue weighted by molar-refractivity contribution is 5.97. The van der Waals surface area contributed by atoms with Crippen molar-refractivity contribution in [3.8, 4) is 0 Å². The average molecular weight is 265 g/mol. The summed E-state index contributed by atoms with van der Waals surface area (Å²) in [4.78, 5) is 23.0. The Morgan fingerprint density at radius 2 is 2.00 bits per heavy atom. The lowest BCUT2D eigenvalue weighted by molar-refractivity contribution is -0.122. The summed E-state index contributed by atoms with van der Waals surface area (Å²) in [6.07, 6.45) is 0.969. The van der Waals surface area contributed by atoms with Gasteiger partial charge in [-0.25, -0.2) is 0 Å². The first-order valence-corrected chi connectivity index (χ1v) is 6.07. The molecular weight excluding hydrogens is 246 g/mol. The molecule has 0 aromatic carbocycles. The van der Waals surface area contributed by atoms with Crippen molar-refractivity contribution in [1.82, 2.24) is 15.5 Å². The van der Waals surface area contributed by atoms with Gasteiger partial charge in [0.2, 0.25) is 5.91 Å². The molecule has 0 radical (unpaired) electrons. The van der Waals surface area contributed by atoms with E-state index in [9.17, 15) is 9.59 Å². The molecule has 1 rings (SSSR count). The van der Waals surface area contributed by atoms with Crippen LogP contribution in [0.15, 0.2) is 12.1 Å². The van der Waals surface area contributed by atoms with Gasteiger partial charge in [0.15, 0.2) is 5.69 Å². The maximum Gasteiger partial charge on any atom is 0.272 e. The van der Waals surface area contributed by atoms with E-state index in [0.717, 1.165) is 13.0 Å². The van der Waals surface area contributed by atoms with Crippen molar-refractivity contribution >= 4 is 17.6 Å². The van der Waals surface area contributed by atoms with E-state index in [1.54, 1.807) is 6.07 Å². The van der Waals surface area contributed by atoms with Gasteiger partial charge >= 0.3 is 0 Å². The van der Waals surface area contributed by atoms with Gasteiger partial charge in [-0.05, 0) is 32.4 Å². The lowest BCUT2D eigenvalue weighted by Gasteiger charge is -2.21. The van der Waals surface area contributed by atoms with Crippen LogP contribution in [0.2, 0.25) is 0 Å². The van der Waals surface area contributed by atoms with Crippen LogP contribution in [0.4, 0.5) is 5.82 Å². The van der Waals surface area contributed by atoms with E-state index in [-0.39, 0.29) is 5.69 Å². The largest absolute Gasteiger partial charge is 0.369 e. The highest BCUT2D eigenvalue weighted by atomic mass is 16.2. The predicted molar refractivity (Wildman–Crippen MR) is 71.6 cm³/mol. The van der Waals surface area contributed by atoms with Crippen LogP contribution in [0.5, 0.6) is 0 Å². The number of anilines is 1. The maximum absolute atomic E-state index is 11.8. The van der Waals surface area contributed by atoms with E-state index >= 15 is 0 Å². The van der Waals surface area contributed by atoms with Crippen LogP contribution in [-0.4, -0.2) is 34.1 Å². The van der Waals surface area contributed by atoms with Gasteiger partial charge in [0, 0.05) is 6.54 Å². The number of hydrogen-bond donors (Lipinski definition) is 3. The zero-order valence-electron chi connectivity index (χ0n) is 11.4. The molecule has 4 N–H and O–H groups in total. The van der Waals surface area contributed by atoms with E-state index in [1.165, 1.54) is 19.9 Å². The molecule has 0 saturated heterocycles. The highest BCUT2D eigenvalue weighted by Gasteiger charge is 2.27. The molecule has 7 heteroatoms. The normalized spacial score (nSPS) is 10.9. The Morgan fingerprint density at radius 1 is 1.32 bits per heavy atom. The van der Waals surface area contributed by atoms with E-state index in [4.69, 9.17) is 5.73 Å². The van der Waals surface area contributed by atoms with Crippen molar-refractivity contribution < 1.29 is 9.59 Å². The van der Waals surface area contributed by atoms with Crippen molar-refractivity contribution in [2.75, 3.05) is 11.9 Å². The standard InChI is InChI=1S/C12H19N5O2/c1-4-7-14-9-6-5-8(16-17-9)10(18)15-12(2,3)11(13)19/h5-6H,4,7H2,1-3H3,(H2,13,19)(H,14,17)(H,15,18). The van der Waals surface area contributed by atoms with Crippen molar-refractivity contribution in [2.45, 2.75) is 32.7 Å². The molecule has 7 nitrogen and oxygen atoms in total. The van der Waals surface area contributed by atoms with Crippen molar-refractivity contribution in [2.24, 2.45) is 5.73 Å². The summed E-state index contributed by atoms with van der Waals surface area (Å²) < 4.78 is 0. The van der Waals surface area contributed by atoms with E-state index < -0.39 is 17.4 Å². The number of nitrogens with one attached hydrogen (secondary N) is 2. The topological polar surface area (TPSA) is 110 Å². The number of rotatable bonds is 6. The van der Waals surface area contributed by atoms with Gasteiger partial charge in [0.25, 0.3) is 5.91 Å². The first kappa shape index (κ1) is 14.9. The molecular formula is C12H19N5O2. The fourth-order valence-corrected chi connectivity index (χ4v) is 1.21. The van der Waals surface area contributed by atoms with Crippen LogP contribution < -0.4 is 16.4 Å². The van der Waals surface area contributed by atoms with Gasteiger partial charge in [-0.15, -0.1) is 10.2 Å². The predicted octanol–water partition coefficient (Wildman–Crippen LogP) is 0.292. The average Bonchev–Trinajstić information content (AvgIpc) is 2.36. The third-order valence-corrected chi connectivity index (χ3v) is 2.50. The molecule has 1 heterocycles. The highest BCUT2D eigenvalue weighted by Crippen LogP contribution is 2.05. The summed E-state index contributed by atoms with van der Waals surface area (Å²) in [6, 6.07) is 3.20. The van der Waals surface area contributed by atoms with Crippen LogP contribution in [0, 0.1) is 0 Å². The summed E-state index contributed by atoms with van der Waals surface area (Å²) >= 11 is 0. The van der Waals surface area contributed by atoms with E-state index in [1.807, 2.05) is 6.92 Å². The van der Waals surface area contributed by atoms with Crippen LogP contribution in [-0.2, 0) is 4.79 Å². The molecule has 0 aliphatic heterocycles. The zero-order valence-corrected chi connectivity index (χ0v) is 11.4. The molecule has 1 aromatic heterocycles. The lowest BCUT2D eigenvalue weighted by atomic mass is 10.1. The Balaban J connectivity index is 2.70. The van der Waals surface area contributed by atoms with Gasteiger partial charge < -0.3 is 16.4 Å². The molecule has 2 amide bonds. The van der Waals surface area contributed by atoms with Crippen molar-refractivity contribution in [3.05, 3.63) is 17.8 Å². The molecule has 19 heavy (non-hydrogen) atoms. The Labute approximate surface area is 112 Å². The fourth-order valence-electron chi connectivity index (χ4n) is 1.21. The van der Waals surface area contributed by atoms with Gasteiger partial charge in [-0.1, -0.05) is 6.92 Å². The van der Waals surface area contributed by atoms with Crippen LogP contribution in [0.3, 0.4) is 0 Å². The molecule has 1 aromatic rings. The molecule has 0 aliphatic rings. The number of primary amides is 1. The lowest BCUT2D eigenvalue weighted by Crippen LogP contribution is -2.53. The number of carbonyl (C=O) groups excluding carboxylic acids is 2. The molecule has 0 fully saturated rings. The summed E-state index contributed by atoms with van der Waals surface area (Å²) in [5.74, 6) is -0.499. The molecule has 0 saturated carbocycles.